The fourth-order valence-electron chi connectivity index (χ4n) is 2.91. The van der Waals surface area contributed by atoms with Gasteiger partial charge in [0.15, 0.2) is 0 Å². The summed E-state index contributed by atoms with van der Waals surface area (Å²) in [6, 6.07) is 0. The second kappa shape index (κ2) is 5.53. The monoisotopic (exact) mass is 281 g/mol. The molecule has 0 aromatic carbocycles. The normalized spacial score (nSPS) is 21.3. The molecule has 1 atom stereocenters. The Kier molecular flexibility index (Phi) is 4.36. The van der Waals surface area contributed by atoms with Crippen LogP contribution in [0.2, 0.25) is 0 Å². The van der Waals surface area contributed by atoms with Gasteiger partial charge in [-0.3, -0.25) is 0 Å². The molecule has 0 amide bonds. The van der Waals surface area contributed by atoms with Gasteiger partial charge in [-0.1, -0.05) is 40.0 Å². The molecule has 0 radical (unpaired) electrons. The first-order chi connectivity index (χ1) is 8.79. The lowest BCUT2D eigenvalue weighted by molar-refractivity contribution is -0.0160. The van der Waals surface area contributed by atoms with Crippen LogP contribution in [0.25, 0.3) is 0 Å². The van der Waals surface area contributed by atoms with Crippen LogP contribution in [-0.2, 0) is 11.8 Å². The van der Waals surface area contributed by atoms with Gasteiger partial charge in [-0.2, -0.15) is 0 Å². The largest absolute Gasteiger partial charge is 0.389 e. The Hall–Kier alpha value is -0.410. The highest BCUT2D eigenvalue weighted by Crippen LogP contribution is 2.35. The maximum Gasteiger partial charge on any atom is 0.0957 e. The first kappa shape index (κ1) is 15.0. The summed E-state index contributed by atoms with van der Waals surface area (Å²) >= 11 is 1.70. The first-order valence-corrected chi connectivity index (χ1v) is 8.34. The number of nitrogens with zero attached hydrogens (tertiary/aromatic N) is 1. The van der Waals surface area contributed by atoms with Gasteiger partial charge in [-0.25, -0.2) is 4.98 Å². The fourth-order valence-corrected chi connectivity index (χ4v) is 4.09. The third-order valence-electron chi connectivity index (χ3n) is 4.31. The molecule has 0 saturated heterocycles. The van der Waals surface area contributed by atoms with Crippen molar-refractivity contribution in [2.75, 3.05) is 0 Å². The van der Waals surface area contributed by atoms with E-state index in [4.69, 9.17) is 4.98 Å². The molecule has 1 fully saturated rings. The fraction of sp³-hybridized carbons (Fsp3) is 0.812. The van der Waals surface area contributed by atoms with E-state index in [1.165, 1.54) is 32.1 Å². The minimum Gasteiger partial charge on any atom is -0.389 e. The number of thiazole rings is 1. The van der Waals surface area contributed by atoms with Gasteiger partial charge in [0.05, 0.1) is 16.3 Å². The number of aliphatic hydroxyl groups is 1. The highest BCUT2D eigenvalue weighted by atomic mass is 32.1. The van der Waals surface area contributed by atoms with Crippen molar-refractivity contribution in [3.63, 3.8) is 0 Å². The lowest BCUT2D eigenvalue weighted by atomic mass is 9.76. The summed E-state index contributed by atoms with van der Waals surface area (Å²) in [5, 5.41) is 14.0. The summed E-state index contributed by atoms with van der Waals surface area (Å²) in [4.78, 5) is 4.72. The van der Waals surface area contributed by atoms with Crippen molar-refractivity contribution < 1.29 is 5.11 Å². The molecule has 1 aliphatic rings. The lowest BCUT2D eigenvalue weighted by Crippen LogP contribution is -2.38. The SMILES string of the molecule is CC(C)(C)c1csc(CC(C)(O)C2CCCCC2)n1. The van der Waals surface area contributed by atoms with E-state index >= 15 is 0 Å². The van der Waals surface area contributed by atoms with E-state index in [0.29, 0.717) is 12.3 Å². The number of aromatic nitrogens is 1. The van der Waals surface area contributed by atoms with Crippen LogP contribution >= 0.6 is 11.3 Å². The van der Waals surface area contributed by atoms with Gasteiger partial charge in [0.2, 0.25) is 0 Å². The maximum absolute atomic E-state index is 10.8. The van der Waals surface area contributed by atoms with Crippen LogP contribution in [0.3, 0.4) is 0 Å². The van der Waals surface area contributed by atoms with Crippen molar-refractivity contribution in [2.45, 2.75) is 77.2 Å². The molecule has 1 saturated carbocycles. The van der Waals surface area contributed by atoms with Gasteiger partial charge in [-0.15, -0.1) is 11.3 Å². The minimum atomic E-state index is -0.590. The number of rotatable bonds is 3. The van der Waals surface area contributed by atoms with Gasteiger partial charge in [0, 0.05) is 17.2 Å². The Morgan fingerprint density at radius 2 is 1.84 bits per heavy atom. The van der Waals surface area contributed by atoms with E-state index in [1.54, 1.807) is 11.3 Å². The topological polar surface area (TPSA) is 33.1 Å². The smallest absolute Gasteiger partial charge is 0.0957 e. The van der Waals surface area contributed by atoms with Crippen LogP contribution in [0, 0.1) is 5.92 Å². The van der Waals surface area contributed by atoms with Crippen molar-refractivity contribution in [1.29, 1.82) is 0 Å². The van der Waals surface area contributed by atoms with Crippen LogP contribution in [0.15, 0.2) is 5.38 Å². The van der Waals surface area contributed by atoms with Crippen molar-refractivity contribution in [1.82, 2.24) is 4.98 Å². The average molecular weight is 281 g/mol. The zero-order valence-electron chi connectivity index (χ0n) is 12.7. The summed E-state index contributed by atoms with van der Waals surface area (Å²) in [7, 11) is 0. The van der Waals surface area contributed by atoms with Crippen molar-refractivity contribution in [2.24, 2.45) is 5.92 Å². The Morgan fingerprint density at radius 3 is 2.37 bits per heavy atom. The zero-order chi connectivity index (χ0) is 14.1. The third-order valence-corrected chi connectivity index (χ3v) is 5.16. The molecule has 19 heavy (non-hydrogen) atoms. The van der Waals surface area contributed by atoms with E-state index < -0.39 is 5.60 Å². The summed E-state index contributed by atoms with van der Waals surface area (Å²) in [5.74, 6) is 0.447. The van der Waals surface area contributed by atoms with Crippen molar-refractivity contribution >= 4 is 11.3 Å². The number of hydrogen-bond donors (Lipinski definition) is 1. The highest BCUT2D eigenvalue weighted by Gasteiger charge is 2.34. The molecule has 1 unspecified atom stereocenters. The molecule has 0 aliphatic heterocycles. The average Bonchev–Trinajstić information content (AvgIpc) is 2.78. The molecule has 3 heteroatoms. The zero-order valence-corrected chi connectivity index (χ0v) is 13.5. The van der Waals surface area contributed by atoms with Crippen LogP contribution in [0.1, 0.15) is 70.5 Å². The van der Waals surface area contributed by atoms with Crippen LogP contribution in [0.4, 0.5) is 0 Å². The molecule has 108 valence electrons. The predicted molar refractivity (Wildman–Crippen MR) is 81.7 cm³/mol. The van der Waals surface area contributed by atoms with Gasteiger partial charge in [-0.05, 0) is 25.7 Å². The minimum absolute atomic E-state index is 0.103. The van der Waals surface area contributed by atoms with Crippen LogP contribution in [0.5, 0.6) is 0 Å². The van der Waals surface area contributed by atoms with E-state index in [2.05, 4.69) is 26.2 Å². The predicted octanol–water partition coefficient (Wildman–Crippen LogP) is 4.31. The quantitative estimate of drug-likeness (QED) is 0.895. The van der Waals surface area contributed by atoms with Gasteiger partial charge in [0.25, 0.3) is 0 Å². The molecule has 2 rings (SSSR count). The molecule has 0 bridgehead atoms. The molecule has 2 nitrogen and oxygen atoms in total. The lowest BCUT2D eigenvalue weighted by Gasteiger charge is -2.35. The van der Waals surface area contributed by atoms with Crippen molar-refractivity contribution in [3.8, 4) is 0 Å². The first-order valence-electron chi connectivity index (χ1n) is 7.46. The van der Waals surface area contributed by atoms with Crippen LogP contribution < -0.4 is 0 Å². The number of hydrogen-bond acceptors (Lipinski definition) is 3. The van der Waals surface area contributed by atoms with Gasteiger partial charge >= 0.3 is 0 Å². The van der Waals surface area contributed by atoms with E-state index in [9.17, 15) is 5.11 Å². The molecule has 1 heterocycles. The highest BCUT2D eigenvalue weighted by molar-refractivity contribution is 7.09. The second-order valence-corrected chi connectivity index (χ2v) is 8.19. The Balaban J connectivity index is 2.05. The van der Waals surface area contributed by atoms with E-state index in [1.807, 2.05) is 6.92 Å². The summed E-state index contributed by atoms with van der Waals surface area (Å²) < 4.78 is 0. The standard InChI is InChI=1S/C16H27NOS/c1-15(2,3)13-11-19-14(17-13)10-16(4,18)12-8-6-5-7-9-12/h11-12,18H,5-10H2,1-4H3. The second-order valence-electron chi connectivity index (χ2n) is 7.25. The molecule has 1 N–H and O–H groups in total. The summed E-state index contributed by atoms with van der Waals surface area (Å²) in [6.07, 6.45) is 6.92. The molecule has 0 spiro atoms. The Labute approximate surface area is 121 Å². The van der Waals surface area contributed by atoms with Gasteiger partial charge in [0.1, 0.15) is 0 Å². The molecule has 1 aromatic rings. The van der Waals surface area contributed by atoms with Crippen LogP contribution in [-0.4, -0.2) is 15.7 Å². The third kappa shape index (κ3) is 3.79. The van der Waals surface area contributed by atoms with Crippen molar-refractivity contribution in [3.05, 3.63) is 16.1 Å². The van der Waals surface area contributed by atoms with E-state index in [0.717, 1.165) is 10.7 Å². The van der Waals surface area contributed by atoms with E-state index in [-0.39, 0.29) is 5.41 Å². The summed E-state index contributed by atoms with van der Waals surface area (Å²) in [5.41, 5.74) is 0.658. The maximum atomic E-state index is 10.8. The molecule has 1 aromatic heterocycles. The molecule has 1 aliphatic carbocycles. The van der Waals surface area contributed by atoms with Gasteiger partial charge < -0.3 is 5.11 Å². The molecular formula is C16H27NOS. The Morgan fingerprint density at radius 1 is 1.21 bits per heavy atom. The molecular weight excluding hydrogens is 254 g/mol. The Bertz CT molecular complexity index is 411. The summed E-state index contributed by atoms with van der Waals surface area (Å²) in [6.45, 7) is 8.56.